The second-order valence-electron chi connectivity index (χ2n) is 4.42. The van der Waals surface area contributed by atoms with Gasteiger partial charge in [-0.25, -0.2) is 0 Å². The van der Waals surface area contributed by atoms with Gasteiger partial charge in [-0.2, -0.15) is 5.10 Å². The summed E-state index contributed by atoms with van der Waals surface area (Å²) in [4.78, 5) is 0. The number of hydrogen-bond acceptors (Lipinski definition) is 1. The van der Waals surface area contributed by atoms with Gasteiger partial charge in [0.2, 0.25) is 0 Å². The van der Waals surface area contributed by atoms with Crippen LogP contribution in [0.5, 0.6) is 0 Å². The number of nitrogens with zero attached hydrogens (tertiary/aromatic N) is 2. The second kappa shape index (κ2) is 5.29. The molecule has 0 aliphatic heterocycles. The molecular weight excluding hydrogens is 256 g/mol. The third kappa shape index (κ3) is 2.85. The summed E-state index contributed by atoms with van der Waals surface area (Å²) >= 11 is 5.88. The van der Waals surface area contributed by atoms with Crippen LogP contribution in [0.4, 0.5) is 0 Å². The van der Waals surface area contributed by atoms with E-state index in [0.717, 1.165) is 17.1 Å². The fourth-order valence-electron chi connectivity index (χ4n) is 2.01. The number of aromatic nitrogens is 2. The molecule has 0 N–H and O–H groups in total. The maximum absolute atomic E-state index is 5.88. The summed E-state index contributed by atoms with van der Waals surface area (Å²) in [6, 6.07) is 18.1. The lowest BCUT2D eigenvalue weighted by Gasteiger charge is -2.01. The van der Waals surface area contributed by atoms with Crippen molar-refractivity contribution in [2.45, 2.75) is 6.54 Å². The molecule has 19 heavy (non-hydrogen) atoms. The summed E-state index contributed by atoms with van der Waals surface area (Å²) < 4.78 is 1.94. The average molecular weight is 269 g/mol. The SMILES string of the molecule is Clc1ccc(Cn2cc(-c3ccccc3)cn2)cc1. The first-order valence-electron chi connectivity index (χ1n) is 6.13. The molecule has 1 heterocycles. The lowest BCUT2D eigenvalue weighted by atomic mass is 10.1. The first kappa shape index (κ1) is 12.0. The van der Waals surface area contributed by atoms with Crippen LogP contribution in [0.2, 0.25) is 5.02 Å². The zero-order chi connectivity index (χ0) is 13.1. The van der Waals surface area contributed by atoms with Crippen LogP contribution in [0.1, 0.15) is 5.56 Å². The van der Waals surface area contributed by atoms with E-state index >= 15 is 0 Å². The van der Waals surface area contributed by atoms with Gasteiger partial charge < -0.3 is 0 Å². The first-order valence-corrected chi connectivity index (χ1v) is 6.51. The minimum atomic E-state index is 0.754. The topological polar surface area (TPSA) is 17.8 Å². The zero-order valence-electron chi connectivity index (χ0n) is 10.3. The Hall–Kier alpha value is -2.06. The van der Waals surface area contributed by atoms with Crippen molar-refractivity contribution in [2.24, 2.45) is 0 Å². The van der Waals surface area contributed by atoms with Crippen molar-refractivity contribution in [2.75, 3.05) is 0 Å². The highest BCUT2D eigenvalue weighted by Gasteiger charge is 2.01. The summed E-state index contributed by atoms with van der Waals surface area (Å²) in [5.41, 5.74) is 3.51. The molecule has 0 spiro atoms. The Morgan fingerprint density at radius 2 is 1.63 bits per heavy atom. The summed E-state index contributed by atoms with van der Waals surface area (Å²) in [5.74, 6) is 0. The van der Waals surface area contributed by atoms with Crippen LogP contribution in [0.25, 0.3) is 11.1 Å². The Kier molecular flexibility index (Phi) is 3.34. The molecule has 0 radical (unpaired) electrons. The molecule has 0 saturated heterocycles. The zero-order valence-corrected chi connectivity index (χ0v) is 11.1. The third-order valence-corrected chi connectivity index (χ3v) is 3.25. The van der Waals surface area contributed by atoms with Gasteiger partial charge in [0, 0.05) is 16.8 Å². The van der Waals surface area contributed by atoms with Gasteiger partial charge >= 0.3 is 0 Å². The van der Waals surface area contributed by atoms with Crippen LogP contribution in [-0.2, 0) is 6.54 Å². The summed E-state index contributed by atoms with van der Waals surface area (Å²) in [5, 5.41) is 5.15. The number of rotatable bonds is 3. The molecule has 94 valence electrons. The standard InChI is InChI=1S/C16H13ClN2/c17-16-8-6-13(7-9-16)11-19-12-15(10-18-19)14-4-2-1-3-5-14/h1-10,12H,11H2. The molecule has 2 nitrogen and oxygen atoms in total. The minimum Gasteiger partial charge on any atom is -0.268 e. The van der Waals surface area contributed by atoms with E-state index in [1.165, 1.54) is 11.1 Å². The predicted octanol–water partition coefficient (Wildman–Crippen LogP) is 4.25. The lowest BCUT2D eigenvalue weighted by Crippen LogP contribution is -1.99. The van der Waals surface area contributed by atoms with Gasteiger partial charge in [-0.3, -0.25) is 4.68 Å². The van der Waals surface area contributed by atoms with E-state index in [2.05, 4.69) is 23.4 Å². The first-order chi connectivity index (χ1) is 9.31. The molecule has 0 saturated carbocycles. The maximum Gasteiger partial charge on any atom is 0.0659 e. The molecule has 3 aromatic rings. The highest BCUT2D eigenvalue weighted by molar-refractivity contribution is 6.30. The van der Waals surface area contributed by atoms with E-state index in [9.17, 15) is 0 Å². The largest absolute Gasteiger partial charge is 0.268 e. The molecule has 0 atom stereocenters. The van der Waals surface area contributed by atoms with Crippen molar-refractivity contribution in [3.05, 3.63) is 77.6 Å². The smallest absolute Gasteiger partial charge is 0.0659 e. The Balaban J connectivity index is 1.80. The molecule has 3 rings (SSSR count). The fraction of sp³-hybridized carbons (Fsp3) is 0.0625. The maximum atomic E-state index is 5.88. The van der Waals surface area contributed by atoms with E-state index in [1.807, 2.05) is 53.3 Å². The number of halogens is 1. The quantitative estimate of drug-likeness (QED) is 0.694. The fourth-order valence-corrected chi connectivity index (χ4v) is 2.13. The molecule has 0 aliphatic carbocycles. The minimum absolute atomic E-state index is 0.754. The van der Waals surface area contributed by atoms with Gasteiger partial charge in [0.1, 0.15) is 0 Å². The van der Waals surface area contributed by atoms with Crippen LogP contribution in [0.3, 0.4) is 0 Å². The number of hydrogen-bond donors (Lipinski definition) is 0. The van der Waals surface area contributed by atoms with Crippen molar-refractivity contribution >= 4 is 11.6 Å². The van der Waals surface area contributed by atoms with Crippen LogP contribution >= 0.6 is 11.6 Å². The van der Waals surface area contributed by atoms with Crippen molar-refractivity contribution < 1.29 is 0 Å². The molecule has 0 fully saturated rings. The molecule has 2 aromatic carbocycles. The highest BCUT2D eigenvalue weighted by Crippen LogP contribution is 2.18. The van der Waals surface area contributed by atoms with Crippen LogP contribution < -0.4 is 0 Å². The van der Waals surface area contributed by atoms with Crippen molar-refractivity contribution in [1.29, 1.82) is 0 Å². The lowest BCUT2D eigenvalue weighted by molar-refractivity contribution is 0.687. The second-order valence-corrected chi connectivity index (χ2v) is 4.86. The summed E-state index contributed by atoms with van der Waals surface area (Å²) in [6.07, 6.45) is 3.95. The van der Waals surface area contributed by atoms with Gasteiger partial charge in [-0.05, 0) is 23.3 Å². The predicted molar refractivity (Wildman–Crippen MR) is 78.2 cm³/mol. The Bertz CT molecular complexity index is 657. The van der Waals surface area contributed by atoms with Gasteiger partial charge in [0.25, 0.3) is 0 Å². The Morgan fingerprint density at radius 1 is 0.895 bits per heavy atom. The molecule has 0 amide bonds. The van der Waals surface area contributed by atoms with Crippen molar-refractivity contribution in [1.82, 2.24) is 9.78 Å². The van der Waals surface area contributed by atoms with Crippen LogP contribution in [0, 0.1) is 0 Å². The average Bonchev–Trinajstić information content (AvgIpc) is 2.91. The van der Waals surface area contributed by atoms with Crippen molar-refractivity contribution in [3.8, 4) is 11.1 Å². The van der Waals surface area contributed by atoms with Crippen molar-refractivity contribution in [3.63, 3.8) is 0 Å². The number of benzene rings is 2. The van der Waals surface area contributed by atoms with Crippen LogP contribution in [-0.4, -0.2) is 9.78 Å². The summed E-state index contributed by atoms with van der Waals surface area (Å²) in [6.45, 7) is 0.754. The summed E-state index contributed by atoms with van der Waals surface area (Å²) in [7, 11) is 0. The van der Waals surface area contributed by atoms with E-state index in [0.29, 0.717) is 0 Å². The monoisotopic (exact) mass is 268 g/mol. The normalized spacial score (nSPS) is 10.6. The van der Waals surface area contributed by atoms with E-state index in [-0.39, 0.29) is 0 Å². The molecule has 0 aliphatic rings. The van der Waals surface area contributed by atoms with Gasteiger partial charge in [-0.1, -0.05) is 54.1 Å². The van der Waals surface area contributed by atoms with Gasteiger partial charge in [0.15, 0.2) is 0 Å². The molecule has 3 heteroatoms. The molecule has 1 aromatic heterocycles. The highest BCUT2D eigenvalue weighted by atomic mass is 35.5. The van der Waals surface area contributed by atoms with E-state index in [4.69, 9.17) is 11.6 Å². The van der Waals surface area contributed by atoms with Gasteiger partial charge in [-0.15, -0.1) is 0 Å². The Morgan fingerprint density at radius 3 is 2.37 bits per heavy atom. The molecule has 0 unspecified atom stereocenters. The Labute approximate surface area is 117 Å². The van der Waals surface area contributed by atoms with E-state index in [1.54, 1.807) is 0 Å². The van der Waals surface area contributed by atoms with E-state index < -0.39 is 0 Å². The third-order valence-electron chi connectivity index (χ3n) is 3.00. The molecule has 0 bridgehead atoms. The van der Waals surface area contributed by atoms with Crippen LogP contribution in [0.15, 0.2) is 67.0 Å². The van der Waals surface area contributed by atoms with Gasteiger partial charge in [0.05, 0.1) is 12.7 Å². The molecular formula is C16H13ClN2.